The van der Waals surface area contributed by atoms with E-state index in [1.807, 2.05) is 36.4 Å². The molecule has 0 radical (unpaired) electrons. The summed E-state index contributed by atoms with van der Waals surface area (Å²) in [6, 6.07) is 15.3. The van der Waals surface area contributed by atoms with Gasteiger partial charge in [0, 0.05) is 50.8 Å². The molecule has 2 aromatic rings. The Kier molecular flexibility index (Phi) is 6.26. The Labute approximate surface area is 164 Å². The summed E-state index contributed by atoms with van der Waals surface area (Å²) in [6.07, 6.45) is 0.446. The quantitative estimate of drug-likeness (QED) is 0.471. The number of carbonyl (C=O) groups excluding carboxylic acids is 2. The average molecular weight is 379 g/mol. The molecule has 1 aliphatic rings. The van der Waals surface area contributed by atoms with Crippen LogP contribution in [0.5, 0.6) is 0 Å². The molecule has 0 spiro atoms. The van der Waals surface area contributed by atoms with Gasteiger partial charge in [-0.05, 0) is 29.3 Å². The Hall–Kier alpha value is -3.35. The summed E-state index contributed by atoms with van der Waals surface area (Å²) in [4.78, 5) is 27.8. The highest BCUT2D eigenvalue weighted by molar-refractivity contribution is 5.95. The van der Waals surface area contributed by atoms with Gasteiger partial charge in [0.1, 0.15) is 0 Å². The molecule has 2 aromatic carbocycles. The maximum atomic E-state index is 11.9. The number of aliphatic imine (C=N–C) groups is 1. The minimum Gasteiger partial charge on any atom is -0.356 e. The van der Waals surface area contributed by atoms with E-state index < -0.39 is 0 Å². The summed E-state index contributed by atoms with van der Waals surface area (Å²) in [7, 11) is 3.33. The predicted octanol–water partition coefficient (Wildman–Crippen LogP) is 1.84. The summed E-state index contributed by atoms with van der Waals surface area (Å²) in [5.74, 6) is 0.688. The number of para-hydroxylation sites is 1. The van der Waals surface area contributed by atoms with Crippen LogP contribution < -0.4 is 21.3 Å². The van der Waals surface area contributed by atoms with Gasteiger partial charge in [-0.15, -0.1) is 0 Å². The SMILES string of the molecule is CN=C(NCc1ccc(C(=O)NC)cc1)NCC1CC(=O)Nc2ccccc21. The fourth-order valence-electron chi connectivity index (χ4n) is 3.23. The number of hydrogen-bond acceptors (Lipinski definition) is 3. The van der Waals surface area contributed by atoms with Crippen LogP contribution in [0.1, 0.15) is 33.8 Å². The minimum atomic E-state index is -0.103. The Morgan fingerprint density at radius 2 is 1.89 bits per heavy atom. The molecule has 7 nitrogen and oxygen atoms in total. The van der Waals surface area contributed by atoms with Crippen LogP contribution in [-0.4, -0.2) is 38.4 Å². The number of fused-ring (bicyclic) bond motifs is 1. The van der Waals surface area contributed by atoms with Crippen molar-refractivity contribution in [3.63, 3.8) is 0 Å². The third kappa shape index (κ3) is 4.68. The first-order valence-electron chi connectivity index (χ1n) is 9.25. The number of anilines is 1. The zero-order chi connectivity index (χ0) is 19.9. The fourth-order valence-corrected chi connectivity index (χ4v) is 3.23. The van der Waals surface area contributed by atoms with Gasteiger partial charge in [0.15, 0.2) is 5.96 Å². The monoisotopic (exact) mass is 379 g/mol. The normalized spacial score (nSPS) is 16.0. The van der Waals surface area contributed by atoms with Crippen LogP contribution in [0.25, 0.3) is 0 Å². The van der Waals surface area contributed by atoms with Crippen molar-refractivity contribution < 1.29 is 9.59 Å². The molecule has 28 heavy (non-hydrogen) atoms. The lowest BCUT2D eigenvalue weighted by atomic mass is 9.90. The Morgan fingerprint density at radius 3 is 2.61 bits per heavy atom. The molecule has 7 heteroatoms. The third-order valence-electron chi connectivity index (χ3n) is 4.75. The maximum Gasteiger partial charge on any atom is 0.251 e. The number of guanidine groups is 1. The molecule has 1 heterocycles. The molecule has 1 aliphatic heterocycles. The van der Waals surface area contributed by atoms with E-state index in [1.165, 1.54) is 0 Å². The molecule has 0 bridgehead atoms. The first-order chi connectivity index (χ1) is 13.6. The second-order valence-corrected chi connectivity index (χ2v) is 6.62. The van der Waals surface area contributed by atoms with Crippen LogP contribution in [0.3, 0.4) is 0 Å². The van der Waals surface area contributed by atoms with E-state index >= 15 is 0 Å². The van der Waals surface area contributed by atoms with Crippen molar-refractivity contribution in [2.45, 2.75) is 18.9 Å². The first kappa shape index (κ1) is 19.4. The fraction of sp³-hybridized carbons (Fsp3) is 0.286. The molecular weight excluding hydrogens is 354 g/mol. The van der Waals surface area contributed by atoms with Gasteiger partial charge >= 0.3 is 0 Å². The van der Waals surface area contributed by atoms with Crippen LogP contribution in [-0.2, 0) is 11.3 Å². The van der Waals surface area contributed by atoms with E-state index in [0.717, 1.165) is 16.8 Å². The van der Waals surface area contributed by atoms with Crippen LogP contribution in [0.15, 0.2) is 53.5 Å². The van der Waals surface area contributed by atoms with Crippen LogP contribution in [0.4, 0.5) is 5.69 Å². The van der Waals surface area contributed by atoms with E-state index in [0.29, 0.717) is 31.0 Å². The zero-order valence-electron chi connectivity index (χ0n) is 16.1. The number of hydrogen-bond donors (Lipinski definition) is 4. The molecule has 1 unspecified atom stereocenters. The van der Waals surface area contributed by atoms with E-state index in [4.69, 9.17) is 0 Å². The number of rotatable bonds is 5. The number of carbonyl (C=O) groups is 2. The van der Waals surface area contributed by atoms with Crippen LogP contribution >= 0.6 is 0 Å². The van der Waals surface area contributed by atoms with Crippen molar-refractivity contribution in [1.29, 1.82) is 0 Å². The Morgan fingerprint density at radius 1 is 1.14 bits per heavy atom. The van der Waals surface area contributed by atoms with Gasteiger partial charge in [-0.25, -0.2) is 0 Å². The van der Waals surface area contributed by atoms with Crippen molar-refractivity contribution >= 4 is 23.5 Å². The van der Waals surface area contributed by atoms with Gasteiger partial charge in [-0.2, -0.15) is 0 Å². The number of nitrogens with one attached hydrogen (secondary N) is 4. The van der Waals surface area contributed by atoms with Crippen LogP contribution in [0, 0.1) is 0 Å². The highest BCUT2D eigenvalue weighted by Gasteiger charge is 2.24. The smallest absolute Gasteiger partial charge is 0.251 e. The summed E-state index contributed by atoms with van der Waals surface area (Å²) >= 11 is 0. The van der Waals surface area contributed by atoms with Crippen LogP contribution in [0.2, 0.25) is 0 Å². The summed E-state index contributed by atoms with van der Waals surface area (Å²) in [5, 5.41) is 12.1. The number of amides is 2. The second-order valence-electron chi connectivity index (χ2n) is 6.62. The molecule has 0 aromatic heterocycles. The van der Waals surface area contributed by atoms with Gasteiger partial charge in [0.25, 0.3) is 5.91 Å². The van der Waals surface area contributed by atoms with Crippen molar-refractivity contribution in [1.82, 2.24) is 16.0 Å². The van der Waals surface area contributed by atoms with Crippen molar-refractivity contribution in [2.24, 2.45) is 4.99 Å². The van der Waals surface area contributed by atoms with Crippen molar-refractivity contribution in [3.8, 4) is 0 Å². The Bertz CT molecular complexity index is 877. The minimum absolute atomic E-state index is 0.0321. The Balaban J connectivity index is 1.55. The highest BCUT2D eigenvalue weighted by Crippen LogP contribution is 2.31. The lowest BCUT2D eigenvalue weighted by Gasteiger charge is -2.26. The molecule has 2 amide bonds. The molecule has 3 rings (SSSR count). The van der Waals surface area contributed by atoms with Gasteiger partial charge in [-0.3, -0.25) is 14.6 Å². The molecule has 0 saturated carbocycles. The maximum absolute atomic E-state index is 11.9. The van der Waals surface area contributed by atoms with E-state index in [-0.39, 0.29) is 17.7 Å². The number of nitrogens with zero attached hydrogens (tertiary/aromatic N) is 1. The highest BCUT2D eigenvalue weighted by atomic mass is 16.2. The van der Waals surface area contributed by atoms with Gasteiger partial charge in [0.2, 0.25) is 5.91 Å². The molecule has 0 fully saturated rings. The second kappa shape index (κ2) is 9.03. The molecular formula is C21H25N5O2. The third-order valence-corrected chi connectivity index (χ3v) is 4.75. The lowest BCUT2D eigenvalue weighted by molar-refractivity contribution is -0.116. The average Bonchev–Trinajstić information content (AvgIpc) is 2.73. The van der Waals surface area contributed by atoms with E-state index in [9.17, 15) is 9.59 Å². The summed E-state index contributed by atoms with van der Waals surface area (Å²) < 4.78 is 0. The summed E-state index contributed by atoms with van der Waals surface area (Å²) in [6.45, 7) is 1.19. The van der Waals surface area contributed by atoms with Crippen molar-refractivity contribution in [3.05, 3.63) is 65.2 Å². The molecule has 0 saturated heterocycles. The van der Waals surface area contributed by atoms with E-state index in [1.54, 1.807) is 26.2 Å². The van der Waals surface area contributed by atoms with Gasteiger partial charge in [0.05, 0.1) is 0 Å². The summed E-state index contributed by atoms with van der Waals surface area (Å²) in [5.41, 5.74) is 3.68. The number of benzene rings is 2. The molecule has 0 aliphatic carbocycles. The van der Waals surface area contributed by atoms with Crippen molar-refractivity contribution in [2.75, 3.05) is 26.0 Å². The van der Waals surface area contributed by atoms with Gasteiger partial charge in [-0.1, -0.05) is 30.3 Å². The zero-order valence-corrected chi connectivity index (χ0v) is 16.1. The first-order valence-corrected chi connectivity index (χ1v) is 9.25. The largest absolute Gasteiger partial charge is 0.356 e. The predicted molar refractivity (Wildman–Crippen MR) is 110 cm³/mol. The molecule has 146 valence electrons. The molecule has 4 N–H and O–H groups in total. The lowest BCUT2D eigenvalue weighted by Crippen LogP contribution is -2.40. The standard InChI is InChI=1S/C21H25N5O2/c1-22-20(28)15-9-7-14(8-10-15)12-24-21(23-2)25-13-16-11-19(27)26-18-6-4-3-5-17(16)18/h3-10,16H,11-13H2,1-2H3,(H,22,28)(H,26,27)(H2,23,24,25). The molecule has 1 atom stereocenters. The topological polar surface area (TPSA) is 94.6 Å². The van der Waals surface area contributed by atoms with E-state index in [2.05, 4.69) is 26.3 Å². The van der Waals surface area contributed by atoms with Gasteiger partial charge < -0.3 is 21.3 Å².